The molecule has 7 atom stereocenters. The van der Waals surface area contributed by atoms with Gasteiger partial charge in [-0.15, -0.1) is 0 Å². The normalized spacial score (nSPS) is 32.5. The number of aliphatic hydroxyl groups excluding tert-OH is 1. The highest BCUT2D eigenvalue weighted by molar-refractivity contribution is 5.78. The Morgan fingerprint density at radius 3 is 2.58 bits per heavy atom. The Bertz CT molecular complexity index is 801. The van der Waals surface area contributed by atoms with Gasteiger partial charge in [0.1, 0.15) is 0 Å². The molecule has 0 radical (unpaired) electrons. The van der Waals surface area contributed by atoms with E-state index in [1.807, 2.05) is 44.3 Å². The van der Waals surface area contributed by atoms with Crippen molar-refractivity contribution >= 4 is 11.8 Å². The van der Waals surface area contributed by atoms with Crippen LogP contribution in [0.15, 0.2) is 30.3 Å². The molecule has 3 rings (SSSR count). The zero-order chi connectivity index (χ0) is 24.2. The number of ether oxygens (including phenoxy) is 1. The smallest absolute Gasteiger partial charge is 0.225 e. The maximum atomic E-state index is 13.3. The van der Waals surface area contributed by atoms with Gasteiger partial charge < -0.3 is 20.1 Å². The van der Waals surface area contributed by atoms with Crippen LogP contribution in [0.1, 0.15) is 58.4 Å². The first kappa shape index (κ1) is 25.7. The molecule has 0 aliphatic heterocycles. The van der Waals surface area contributed by atoms with E-state index in [-0.39, 0.29) is 46.9 Å². The van der Waals surface area contributed by atoms with Crippen molar-refractivity contribution in [2.24, 2.45) is 29.1 Å². The molecule has 1 aromatic carbocycles. The fourth-order valence-corrected chi connectivity index (χ4v) is 6.44. The number of hydrogen-bond acceptors (Lipinski definition) is 4. The van der Waals surface area contributed by atoms with Gasteiger partial charge in [-0.2, -0.15) is 0 Å². The molecule has 2 N–H and O–H groups in total. The minimum absolute atomic E-state index is 0.00485. The van der Waals surface area contributed by atoms with E-state index in [0.717, 1.165) is 31.2 Å². The lowest BCUT2D eigenvalue weighted by atomic mass is 9.51. The SMILES string of the molecule is COCCC(=O)N[C@H]1CC[C@@]2(C)CC[C@@H]([C@H](C)C(=O)N(C)Cc3ccccc3)[C@H](O)[C@H]2[C@H]1C. The Balaban J connectivity index is 1.68. The van der Waals surface area contributed by atoms with Gasteiger partial charge in [-0.3, -0.25) is 9.59 Å². The summed E-state index contributed by atoms with van der Waals surface area (Å²) in [5.74, 6) is -0.0178. The summed E-state index contributed by atoms with van der Waals surface area (Å²) < 4.78 is 5.03. The Kier molecular flexibility index (Phi) is 8.57. The highest BCUT2D eigenvalue weighted by atomic mass is 16.5. The standard InChI is InChI=1S/C27H42N2O4/c1-18(26(32)29(4)17-20-9-7-6-8-10-20)21-11-14-27(3)15-12-22(19(2)24(27)25(21)31)28-23(30)13-16-33-5/h6-10,18-19,21-22,24-25,31H,11-17H2,1-5H3,(H,28,30)/t18-,19-,21-,22-,24+,25-,27+/m0/s1. The van der Waals surface area contributed by atoms with Crippen LogP contribution in [0.2, 0.25) is 0 Å². The van der Waals surface area contributed by atoms with E-state index in [9.17, 15) is 14.7 Å². The van der Waals surface area contributed by atoms with Crippen molar-refractivity contribution in [2.75, 3.05) is 20.8 Å². The molecule has 6 nitrogen and oxygen atoms in total. The third kappa shape index (κ3) is 5.78. The number of rotatable bonds is 8. The van der Waals surface area contributed by atoms with Crippen LogP contribution < -0.4 is 5.32 Å². The molecule has 0 spiro atoms. The second-order valence-electron chi connectivity index (χ2n) is 10.7. The fraction of sp³-hybridized carbons (Fsp3) is 0.704. The Morgan fingerprint density at radius 2 is 1.91 bits per heavy atom. The van der Waals surface area contributed by atoms with Gasteiger partial charge in [0.25, 0.3) is 0 Å². The van der Waals surface area contributed by atoms with Crippen LogP contribution in [-0.4, -0.2) is 54.7 Å². The van der Waals surface area contributed by atoms with Crippen LogP contribution >= 0.6 is 0 Å². The molecular weight excluding hydrogens is 416 g/mol. The average Bonchev–Trinajstić information content (AvgIpc) is 2.79. The number of methoxy groups -OCH3 is 1. The third-order valence-electron chi connectivity index (χ3n) is 8.44. The van der Waals surface area contributed by atoms with E-state index >= 15 is 0 Å². The van der Waals surface area contributed by atoms with E-state index in [1.54, 1.807) is 12.0 Å². The van der Waals surface area contributed by atoms with E-state index < -0.39 is 6.10 Å². The van der Waals surface area contributed by atoms with Gasteiger partial charge >= 0.3 is 0 Å². The number of hydrogen-bond donors (Lipinski definition) is 2. The number of amides is 2. The molecule has 33 heavy (non-hydrogen) atoms. The van der Waals surface area contributed by atoms with Crippen molar-refractivity contribution in [3.63, 3.8) is 0 Å². The monoisotopic (exact) mass is 458 g/mol. The minimum atomic E-state index is -0.554. The molecule has 0 heterocycles. The molecule has 0 bridgehead atoms. The maximum absolute atomic E-state index is 13.3. The predicted molar refractivity (Wildman–Crippen MR) is 129 cm³/mol. The molecule has 0 saturated heterocycles. The summed E-state index contributed by atoms with van der Waals surface area (Å²) >= 11 is 0. The fourth-order valence-electron chi connectivity index (χ4n) is 6.44. The molecule has 2 aliphatic rings. The highest BCUT2D eigenvalue weighted by Gasteiger charge is 2.54. The van der Waals surface area contributed by atoms with Crippen molar-refractivity contribution in [3.05, 3.63) is 35.9 Å². The van der Waals surface area contributed by atoms with Crippen LogP contribution in [0.25, 0.3) is 0 Å². The van der Waals surface area contributed by atoms with Crippen molar-refractivity contribution in [1.29, 1.82) is 0 Å². The van der Waals surface area contributed by atoms with Gasteiger partial charge in [0.15, 0.2) is 0 Å². The molecule has 6 heteroatoms. The number of fused-ring (bicyclic) bond motifs is 1. The lowest BCUT2D eigenvalue weighted by Crippen LogP contribution is -2.58. The van der Waals surface area contributed by atoms with Gasteiger partial charge in [-0.25, -0.2) is 0 Å². The van der Waals surface area contributed by atoms with Crippen LogP contribution in [0, 0.1) is 29.1 Å². The summed E-state index contributed by atoms with van der Waals surface area (Å²) in [7, 11) is 3.44. The number of carbonyl (C=O) groups excluding carboxylic acids is 2. The van der Waals surface area contributed by atoms with Crippen molar-refractivity contribution in [1.82, 2.24) is 10.2 Å². The summed E-state index contributed by atoms with van der Waals surface area (Å²) in [6, 6.07) is 10.0. The molecule has 0 aromatic heterocycles. The predicted octanol–water partition coefficient (Wildman–Crippen LogP) is 3.63. The van der Waals surface area contributed by atoms with Crippen LogP contribution in [-0.2, 0) is 20.9 Å². The van der Waals surface area contributed by atoms with Gasteiger partial charge in [0.05, 0.1) is 12.7 Å². The molecule has 2 amide bonds. The second kappa shape index (κ2) is 11.0. The number of nitrogens with one attached hydrogen (secondary N) is 1. The van der Waals surface area contributed by atoms with Crippen molar-refractivity contribution in [2.45, 2.75) is 71.6 Å². The van der Waals surface area contributed by atoms with Gasteiger partial charge in [-0.1, -0.05) is 51.1 Å². The molecule has 0 unspecified atom stereocenters. The first-order chi connectivity index (χ1) is 15.7. The second-order valence-corrected chi connectivity index (χ2v) is 10.7. The topological polar surface area (TPSA) is 78.9 Å². The van der Waals surface area contributed by atoms with Gasteiger partial charge in [0, 0.05) is 39.1 Å². The first-order valence-electron chi connectivity index (χ1n) is 12.4. The van der Waals surface area contributed by atoms with Crippen LogP contribution in [0.3, 0.4) is 0 Å². The highest BCUT2D eigenvalue weighted by Crippen LogP contribution is 2.55. The van der Waals surface area contributed by atoms with Gasteiger partial charge in [-0.05, 0) is 54.4 Å². The van der Waals surface area contributed by atoms with E-state index in [4.69, 9.17) is 4.74 Å². The number of nitrogens with zero attached hydrogens (tertiary/aromatic N) is 1. The summed E-state index contributed by atoms with van der Waals surface area (Å²) in [5, 5.41) is 14.8. The lowest BCUT2D eigenvalue weighted by molar-refractivity contribution is -0.150. The first-order valence-corrected chi connectivity index (χ1v) is 12.4. The molecular formula is C27H42N2O4. The Hall–Kier alpha value is -1.92. The minimum Gasteiger partial charge on any atom is -0.392 e. The number of carbonyl (C=O) groups is 2. The molecule has 2 saturated carbocycles. The number of benzene rings is 1. The molecule has 184 valence electrons. The van der Waals surface area contributed by atoms with E-state index in [1.165, 1.54) is 0 Å². The Labute approximate surface area is 199 Å². The molecule has 1 aromatic rings. The number of aliphatic hydroxyl groups is 1. The Morgan fingerprint density at radius 1 is 1.24 bits per heavy atom. The van der Waals surface area contributed by atoms with Crippen LogP contribution in [0.4, 0.5) is 0 Å². The summed E-state index contributed by atoms with van der Waals surface area (Å²) in [6.07, 6.45) is 3.58. The average molecular weight is 459 g/mol. The summed E-state index contributed by atoms with van der Waals surface area (Å²) in [5.41, 5.74) is 1.15. The van der Waals surface area contributed by atoms with E-state index in [0.29, 0.717) is 19.6 Å². The van der Waals surface area contributed by atoms with Gasteiger partial charge in [0.2, 0.25) is 11.8 Å². The molecule has 2 aliphatic carbocycles. The third-order valence-corrected chi connectivity index (χ3v) is 8.44. The zero-order valence-electron chi connectivity index (χ0n) is 20.9. The zero-order valence-corrected chi connectivity index (χ0v) is 20.9. The van der Waals surface area contributed by atoms with Crippen molar-refractivity contribution < 1.29 is 19.4 Å². The van der Waals surface area contributed by atoms with Crippen molar-refractivity contribution in [3.8, 4) is 0 Å². The summed E-state index contributed by atoms with van der Waals surface area (Å²) in [4.78, 5) is 27.4. The largest absolute Gasteiger partial charge is 0.392 e. The lowest BCUT2D eigenvalue weighted by Gasteiger charge is -2.56. The molecule has 2 fully saturated rings. The maximum Gasteiger partial charge on any atom is 0.225 e. The summed E-state index contributed by atoms with van der Waals surface area (Å²) in [6.45, 7) is 7.39. The quantitative estimate of drug-likeness (QED) is 0.624. The van der Waals surface area contributed by atoms with Crippen LogP contribution in [0.5, 0.6) is 0 Å². The van der Waals surface area contributed by atoms with E-state index in [2.05, 4.69) is 19.2 Å².